The fourth-order valence-corrected chi connectivity index (χ4v) is 1.71. The zero-order chi connectivity index (χ0) is 14.5. The molecule has 0 fully saturated rings. The second kappa shape index (κ2) is 5.96. The molecule has 0 unspecified atom stereocenters. The molecule has 0 saturated heterocycles. The summed E-state index contributed by atoms with van der Waals surface area (Å²) in [5.41, 5.74) is 6.45. The molecule has 0 atom stereocenters. The quantitative estimate of drug-likeness (QED) is 0.860. The van der Waals surface area contributed by atoms with Gasteiger partial charge in [0.1, 0.15) is 17.8 Å². The minimum atomic E-state index is 0.262. The van der Waals surface area contributed by atoms with Crippen LogP contribution in [0.15, 0.2) is 24.5 Å². The van der Waals surface area contributed by atoms with Crippen molar-refractivity contribution in [2.45, 2.75) is 0 Å². The van der Waals surface area contributed by atoms with Crippen LogP contribution in [-0.2, 0) is 0 Å². The second-order valence-electron chi connectivity index (χ2n) is 3.83. The molecule has 20 heavy (non-hydrogen) atoms. The summed E-state index contributed by atoms with van der Waals surface area (Å²) in [5, 5.41) is 3.10. The predicted molar refractivity (Wildman–Crippen MR) is 75.8 cm³/mol. The first kappa shape index (κ1) is 13.7. The first-order chi connectivity index (χ1) is 9.69. The van der Waals surface area contributed by atoms with Gasteiger partial charge in [-0.2, -0.15) is 0 Å². The number of hydrogen-bond acceptors (Lipinski definition) is 7. The number of nitrogen functional groups attached to an aromatic ring is 1. The van der Waals surface area contributed by atoms with Crippen LogP contribution in [0.2, 0.25) is 0 Å². The molecule has 3 N–H and O–H groups in total. The molecular formula is C13H16N4O3. The Balaban J connectivity index is 2.37. The normalized spacial score (nSPS) is 9.95. The molecule has 0 bridgehead atoms. The largest absolute Gasteiger partial charge is 0.497 e. The molecule has 1 aromatic carbocycles. The molecule has 0 aliphatic carbocycles. The molecule has 2 rings (SSSR count). The number of ether oxygens (including phenoxy) is 3. The monoisotopic (exact) mass is 276 g/mol. The molecule has 1 heterocycles. The van der Waals surface area contributed by atoms with E-state index < -0.39 is 0 Å². The van der Waals surface area contributed by atoms with Crippen molar-refractivity contribution in [1.82, 2.24) is 9.97 Å². The van der Waals surface area contributed by atoms with Crippen LogP contribution in [0, 0.1) is 0 Å². The Morgan fingerprint density at radius 1 is 1.05 bits per heavy atom. The summed E-state index contributed by atoms with van der Waals surface area (Å²) >= 11 is 0. The van der Waals surface area contributed by atoms with E-state index in [1.807, 2.05) is 12.1 Å². The van der Waals surface area contributed by atoms with Crippen molar-refractivity contribution in [3.05, 3.63) is 24.5 Å². The van der Waals surface area contributed by atoms with E-state index in [0.29, 0.717) is 28.8 Å². The molecule has 7 heteroatoms. The fraction of sp³-hybridized carbons (Fsp3) is 0.231. The molecule has 0 saturated carbocycles. The van der Waals surface area contributed by atoms with Gasteiger partial charge in [-0.3, -0.25) is 0 Å². The van der Waals surface area contributed by atoms with Gasteiger partial charge < -0.3 is 25.3 Å². The summed E-state index contributed by atoms with van der Waals surface area (Å²) in [4.78, 5) is 7.98. The Bertz CT molecular complexity index is 604. The van der Waals surface area contributed by atoms with Crippen LogP contribution in [0.1, 0.15) is 0 Å². The zero-order valence-corrected chi connectivity index (χ0v) is 11.5. The summed E-state index contributed by atoms with van der Waals surface area (Å²) in [6.07, 6.45) is 1.36. The third kappa shape index (κ3) is 2.66. The molecule has 2 aromatic rings. The second-order valence-corrected chi connectivity index (χ2v) is 3.83. The molecule has 0 aliphatic heterocycles. The van der Waals surface area contributed by atoms with E-state index in [4.69, 9.17) is 19.9 Å². The van der Waals surface area contributed by atoms with Crippen LogP contribution in [-0.4, -0.2) is 31.3 Å². The van der Waals surface area contributed by atoms with Gasteiger partial charge in [0.05, 0.1) is 27.0 Å². The van der Waals surface area contributed by atoms with Crippen LogP contribution in [0.4, 0.5) is 17.3 Å². The van der Waals surface area contributed by atoms with E-state index in [-0.39, 0.29) is 5.82 Å². The number of hydrogen-bond donors (Lipinski definition) is 2. The van der Waals surface area contributed by atoms with Crippen molar-refractivity contribution >= 4 is 17.3 Å². The van der Waals surface area contributed by atoms with Gasteiger partial charge in [-0.05, 0) is 12.1 Å². The number of nitrogens with two attached hydrogens (primary N) is 1. The maximum absolute atomic E-state index is 5.73. The maximum Gasteiger partial charge on any atom is 0.204 e. The van der Waals surface area contributed by atoms with Crippen molar-refractivity contribution in [2.75, 3.05) is 32.4 Å². The Labute approximate surface area is 116 Å². The van der Waals surface area contributed by atoms with Crippen molar-refractivity contribution in [2.24, 2.45) is 0 Å². The minimum absolute atomic E-state index is 0.262. The van der Waals surface area contributed by atoms with Gasteiger partial charge >= 0.3 is 0 Å². The Kier molecular flexibility index (Phi) is 4.09. The number of nitrogens with one attached hydrogen (secondary N) is 1. The summed E-state index contributed by atoms with van der Waals surface area (Å²) in [5.74, 6) is 2.41. The lowest BCUT2D eigenvalue weighted by Crippen LogP contribution is -2.03. The molecule has 0 aliphatic rings. The molecule has 0 amide bonds. The van der Waals surface area contributed by atoms with Gasteiger partial charge in [0.15, 0.2) is 11.6 Å². The van der Waals surface area contributed by atoms with E-state index in [1.54, 1.807) is 20.3 Å². The molecule has 0 spiro atoms. The SMILES string of the molecule is COc1ccc(Nc2ncnc(N)c2OC)c(OC)c1. The Hall–Kier alpha value is -2.70. The first-order valence-corrected chi connectivity index (χ1v) is 5.83. The topological polar surface area (TPSA) is 91.5 Å². The molecule has 1 aromatic heterocycles. The summed E-state index contributed by atoms with van der Waals surface area (Å²) in [7, 11) is 4.67. The van der Waals surface area contributed by atoms with Gasteiger partial charge in [-0.15, -0.1) is 0 Å². The summed E-state index contributed by atoms with van der Waals surface area (Å²) < 4.78 is 15.6. The average molecular weight is 276 g/mol. The third-order valence-corrected chi connectivity index (χ3v) is 2.70. The van der Waals surface area contributed by atoms with Gasteiger partial charge in [0.2, 0.25) is 5.75 Å². The van der Waals surface area contributed by atoms with Crippen molar-refractivity contribution < 1.29 is 14.2 Å². The fourth-order valence-electron chi connectivity index (χ4n) is 1.71. The van der Waals surface area contributed by atoms with Crippen LogP contribution in [0.5, 0.6) is 17.2 Å². The maximum atomic E-state index is 5.73. The lowest BCUT2D eigenvalue weighted by molar-refractivity contribution is 0.395. The van der Waals surface area contributed by atoms with E-state index in [2.05, 4.69) is 15.3 Å². The smallest absolute Gasteiger partial charge is 0.204 e. The zero-order valence-electron chi connectivity index (χ0n) is 11.5. The van der Waals surface area contributed by atoms with Crippen molar-refractivity contribution in [3.63, 3.8) is 0 Å². The van der Waals surface area contributed by atoms with E-state index >= 15 is 0 Å². The summed E-state index contributed by atoms with van der Waals surface area (Å²) in [6, 6.07) is 5.39. The number of rotatable bonds is 5. The molecule has 0 radical (unpaired) electrons. The highest BCUT2D eigenvalue weighted by Gasteiger charge is 2.12. The van der Waals surface area contributed by atoms with Crippen molar-refractivity contribution in [1.29, 1.82) is 0 Å². The van der Waals surface area contributed by atoms with Gasteiger partial charge in [0.25, 0.3) is 0 Å². The average Bonchev–Trinajstić information content (AvgIpc) is 2.48. The Morgan fingerprint density at radius 2 is 1.85 bits per heavy atom. The Morgan fingerprint density at radius 3 is 2.50 bits per heavy atom. The van der Waals surface area contributed by atoms with E-state index in [0.717, 1.165) is 0 Å². The number of nitrogens with zero attached hydrogens (tertiary/aromatic N) is 2. The van der Waals surface area contributed by atoms with E-state index in [9.17, 15) is 0 Å². The van der Waals surface area contributed by atoms with Crippen LogP contribution in [0.25, 0.3) is 0 Å². The highest BCUT2D eigenvalue weighted by molar-refractivity contribution is 5.72. The van der Waals surface area contributed by atoms with Crippen LogP contribution in [0.3, 0.4) is 0 Å². The van der Waals surface area contributed by atoms with Crippen LogP contribution >= 0.6 is 0 Å². The highest BCUT2D eigenvalue weighted by atomic mass is 16.5. The third-order valence-electron chi connectivity index (χ3n) is 2.70. The lowest BCUT2D eigenvalue weighted by Gasteiger charge is -2.14. The molecule has 106 valence electrons. The predicted octanol–water partition coefficient (Wildman–Crippen LogP) is 1.83. The number of benzene rings is 1. The lowest BCUT2D eigenvalue weighted by atomic mass is 10.2. The van der Waals surface area contributed by atoms with Gasteiger partial charge in [-0.1, -0.05) is 0 Å². The number of aromatic nitrogens is 2. The standard InChI is InChI=1S/C13H16N4O3/c1-18-8-4-5-9(10(6-8)19-2)17-13-11(20-3)12(14)15-7-16-13/h4-7H,1-3H3,(H3,14,15,16,17). The highest BCUT2D eigenvalue weighted by Crippen LogP contribution is 2.34. The van der Waals surface area contributed by atoms with E-state index in [1.165, 1.54) is 13.4 Å². The van der Waals surface area contributed by atoms with Gasteiger partial charge in [-0.25, -0.2) is 9.97 Å². The molecular weight excluding hydrogens is 260 g/mol. The summed E-state index contributed by atoms with van der Waals surface area (Å²) in [6.45, 7) is 0. The number of methoxy groups -OCH3 is 3. The first-order valence-electron chi connectivity index (χ1n) is 5.83. The van der Waals surface area contributed by atoms with Crippen molar-refractivity contribution in [3.8, 4) is 17.2 Å². The molecule has 7 nitrogen and oxygen atoms in total. The number of anilines is 3. The van der Waals surface area contributed by atoms with Gasteiger partial charge in [0, 0.05) is 6.07 Å². The minimum Gasteiger partial charge on any atom is -0.497 e. The van der Waals surface area contributed by atoms with Crippen LogP contribution < -0.4 is 25.3 Å².